The van der Waals surface area contributed by atoms with E-state index >= 15 is 0 Å². The van der Waals surface area contributed by atoms with Crippen LogP contribution in [0.4, 0.5) is 0 Å². The predicted octanol–water partition coefficient (Wildman–Crippen LogP) is 1.95. The normalized spacial score (nSPS) is 11.6. The average Bonchev–Trinajstić information content (AvgIpc) is 2.29. The van der Waals surface area contributed by atoms with Crippen molar-refractivity contribution in [3.63, 3.8) is 0 Å². The summed E-state index contributed by atoms with van der Waals surface area (Å²) in [5.74, 6) is 0.684. The Balaban J connectivity index is 2.90. The summed E-state index contributed by atoms with van der Waals surface area (Å²) in [7, 11) is 0. The minimum absolute atomic E-state index is 0.105. The summed E-state index contributed by atoms with van der Waals surface area (Å²) in [4.78, 5) is 0. The van der Waals surface area contributed by atoms with Gasteiger partial charge in [0.1, 0.15) is 5.75 Å². The minimum atomic E-state index is 0.105. The van der Waals surface area contributed by atoms with E-state index in [2.05, 4.69) is 5.16 Å². The molecule has 0 spiro atoms. The van der Waals surface area contributed by atoms with Crippen LogP contribution in [0.15, 0.2) is 23.4 Å². The van der Waals surface area contributed by atoms with Crippen molar-refractivity contribution in [3.05, 3.63) is 29.3 Å². The molecule has 0 aromatic heterocycles. The first-order chi connectivity index (χ1) is 7.69. The van der Waals surface area contributed by atoms with Gasteiger partial charge in [0.05, 0.1) is 12.3 Å². The van der Waals surface area contributed by atoms with Crippen LogP contribution in [0, 0.1) is 6.92 Å². The Kier molecular flexibility index (Phi) is 4.79. The second kappa shape index (κ2) is 6.12. The molecule has 0 fully saturated rings. The van der Waals surface area contributed by atoms with Crippen LogP contribution in [-0.4, -0.2) is 29.2 Å². The number of ether oxygens (including phenoxy) is 1. The predicted molar refractivity (Wildman–Crippen MR) is 62.4 cm³/mol. The van der Waals surface area contributed by atoms with E-state index in [-0.39, 0.29) is 6.61 Å². The number of aryl methyl sites for hydroxylation is 1. The fourth-order valence-electron chi connectivity index (χ4n) is 1.35. The number of aliphatic hydroxyl groups is 1. The maximum Gasteiger partial charge on any atom is 0.128 e. The molecule has 0 aliphatic carbocycles. The van der Waals surface area contributed by atoms with Crippen LogP contribution < -0.4 is 4.74 Å². The van der Waals surface area contributed by atoms with Crippen LogP contribution in [0.5, 0.6) is 5.75 Å². The van der Waals surface area contributed by atoms with E-state index in [1.165, 1.54) is 0 Å². The van der Waals surface area contributed by atoms with Crippen molar-refractivity contribution in [2.24, 2.45) is 5.16 Å². The van der Waals surface area contributed by atoms with Gasteiger partial charge in [-0.3, -0.25) is 0 Å². The van der Waals surface area contributed by atoms with Gasteiger partial charge in [-0.05, 0) is 31.5 Å². The van der Waals surface area contributed by atoms with Gasteiger partial charge in [-0.15, -0.1) is 0 Å². The molecule has 4 heteroatoms. The summed E-state index contributed by atoms with van der Waals surface area (Å²) < 4.78 is 5.53. The van der Waals surface area contributed by atoms with E-state index in [9.17, 15) is 0 Å². The zero-order valence-corrected chi connectivity index (χ0v) is 9.60. The second-order valence-electron chi connectivity index (χ2n) is 3.61. The van der Waals surface area contributed by atoms with Crippen molar-refractivity contribution in [2.75, 3.05) is 13.2 Å². The SMILES string of the molecule is CC(=NO)c1ccc(C)cc1OCCCO. The third-order valence-corrected chi connectivity index (χ3v) is 2.24. The molecular weight excluding hydrogens is 206 g/mol. The number of benzene rings is 1. The fraction of sp³-hybridized carbons (Fsp3) is 0.417. The average molecular weight is 223 g/mol. The van der Waals surface area contributed by atoms with Crippen LogP contribution in [0.3, 0.4) is 0 Å². The Hall–Kier alpha value is -1.55. The lowest BCUT2D eigenvalue weighted by Gasteiger charge is -2.11. The molecule has 1 aromatic rings. The van der Waals surface area contributed by atoms with Crippen molar-refractivity contribution < 1.29 is 15.1 Å². The number of nitrogens with zero attached hydrogens (tertiary/aromatic N) is 1. The zero-order valence-electron chi connectivity index (χ0n) is 9.60. The van der Waals surface area contributed by atoms with Gasteiger partial charge in [-0.2, -0.15) is 0 Å². The number of oxime groups is 1. The van der Waals surface area contributed by atoms with Crippen LogP contribution in [0.1, 0.15) is 24.5 Å². The molecule has 0 unspecified atom stereocenters. The highest BCUT2D eigenvalue weighted by molar-refractivity contribution is 6.00. The Morgan fingerprint density at radius 1 is 1.44 bits per heavy atom. The minimum Gasteiger partial charge on any atom is -0.493 e. The highest BCUT2D eigenvalue weighted by Crippen LogP contribution is 2.21. The molecule has 0 atom stereocenters. The molecule has 0 radical (unpaired) electrons. The first kappa shape index (κ1) is 12.5. The maximum atomic E-state index is 8.75. The molecule has 0 aliphatic heterocycles. The molecule has 0 saturated carbocycles. The van der Waals surface area contributed by atoms with Gasteiger partial charge in [-0.1, -0.05) is 11.2 Å². The van der Waals surface area contributed by atoms with Gasteiger partial charge in [-0.25, -0.2) is 0 Å². The molecule has 1 rings (SSSR count). The summed E-state index contributed by atoms with van der Waals surface area (Å²) in [5.41, 5.74) is 2.36. The summed E-state index contributed by atoms with van der Waals surface area (Å²) in [5, 5.41) is 20.6. The number of hydrogen-bond acceptors (Lipinski definition) is 4. The first-order valence-electron chi connectivity index (χ1n) is 5.22. The van der Waals surface area contributed by atoms with E-state index < -0.39 is 0 Å². The van der Waals surface area contributed by atoms with Crippen LogP contribution in [0.25, 0.3) is 0 Å². The molecule has 16 heavy (non-hydrogen) atoms. The summed E-state index contributed by atoms with van der Waals surface area (Å²) in [6.07, 6.45) is 0.586. The molecule has 88 valence electrons. The molecule has 0 heterocycles. The number of rotatable bonds is 5. The zero-order chi connectivity index (χ0) is 12.0. The van der Waals surface area contributed by atoms with Crippen molar-refractivity contribution in [1.82, 2.24) is 0 Å². The monoisotopic (exact) mass is 223 g/mol. The van der Waals surface area contributed by atoms with Gasteiger partial charge >= 0.3 is 0 Å². The van der Waals surface area contributed by atoms with Gasteiger partial charge in [0.25, 0.3) is 0 Å². The number of hydrogen-bond donors (Lipinski definition) is 2. The number of aliphatic hydroxyl groups excluding tert-OH is 1. The Bertz CT molecular complexity index is 375. The smallest absolute Gasteiger partial charge is 0.128 e. The lowest BCUT2D eigenvalue weighted by Crippen LogP contribution is -2.05. The molecule has 0 aliphatic rings. The second-order valence-corrected chi connectivity index (χ2v) is 3.61. The van der Waals surface area contributed by atoms with E-state index in [4.69, 9.17) is 15.1 Å². The third-order valence-electron chi connectivity index (χ3n) is 2.24. The molecular formula is C12H17NO3. The van der Waals surface area contributed by atoms with Crippen LogP contribution in [-0.2, 0) is 0 Å². The highest BCUT2D eigenvalue weighted by Gasteiger charge is 2.07. The van der Waals surface area contributed by atoms with Crippen molar-refractivity contribution in [1.29, 1.82) is 0 Å². The van der Waals surface area contributed by atoms with E-state index in [1.54, 1.807) is 6.92 Å². The summed E-state index contributed by atoms with van der Waals surface area (Å²) in [6, 6.07) is 5.68. The lowest BCUT2D eigenvalue weighted by atomic mass is 10.1. The molecule has 2 N–H and O–H groups in total. The van der Waals surface area contributed by atoms with Crippen molar-refractivity contribution in [2.45, 2.75) is 20.3 Å². The molecule has 0 bridgehead atoms. The third kappa shape index (κ3) is 3.24. The van der Waals surface area contributed by atoms with Gasteiger partial charge in [0.2, 0.25) is 0 Å². The standard InChI is InChI=1S/C12H17NO3/c1-9-4-5-11(10(2)13-15)12(8-9)16-7-3-6-14/h4-5,8,14-15H,3,6-7H2,1-2H3. The van der Waals surface area contributed by atoms with Crippen molar-refractivity contribution >= 4 is 5.71 Å². The topological polar surface area (TPSA) is 62.1 Å². The van der Waals surface area contributed by atoms with E-state index in [0.717, 1.165) is 11.1 Å². The summed E-state index contributed by atoms with van der Waals surface area (Å²) in [6.45, 7) is 4.23. The van der Waals surface area contributed by atoms with Crippen molar-refractivity contribution in [3.8, 4) is 5.75 Å². The van der Waals surface area contributed by atoms with E-state index in [0.29, 0.717) is 24.5 Å². The van der Waals surface area contributed by atoms with Gasteiger partial charge in [0, 0.05) is 18.6 Å². The Labute approximate surface area is 95.2 Å². The van der Waals surface area contributed by atoms with Gasteiger partial charge in [0.15, 0.2) is 0 Å². The molecule has 0 amide bonds. The van der Waals surface area contributed by atoms with Crippen LogP contribution in [0.2, 0.25) is 0 Å². The quantitative estimate of drug-likeness (QED) is 0.347. The molecule has 4 nitrogen and oxygen atoms in total. The van der Waals surface area contributed by atoms with Crippen LogP contribution >= 0.6 is 0 Å². The summed E-state index contributed by atoms with van der Waals surface area (Å²) >= 11 is 0. The largest absolute Gasteiger partial charge is 0.493 e. The van der Waals surface area contributed by atoms with Gasteiger partial charge < -0.3 is 15.1 Å². The molecule has 0 saturated heterocycles. The Morgan fingerprint density at radius 2 is 2.19 bits per heavy atom. The fourth-order valence-corrected chi connectivity index (χ4v) is 1.35. The lowest BCUT2D eigenvalue weighted by molar-refractivity contribution is 0.233. The van der Waals surface area contributed by atoms with E-state index in [1.807, 2.05) is 25.1 Å². The Morgan fingerprint density at radius 3 is 2.81 bits per heavy atom. The first-order valence-corrected chi connectivity index (χ1v) is 5.22. The highest BCUT2D eigenvalue weighted by atomic mass is 16.5. The molecule has 1 aromatic carbocycles. The maximum absolute atomic E-state index is 8.75.